The van der Waals surface area contributed by atoms with E-state index in [1.165, 1.54) is 11.3 Å². The summed E-state index contributed by atoms with van der Waals surface area (Å²) in [4.78, 5) is 28.7. The van der Waals surface area contributed by atoms with Crippen molar-refractivity contribution >= 4 is 34.0 Å². The summed E-state index contributed by atoms with van der Waals surface area (Å²) in [6, 6.07) is 12.4. The summed E-state index contributed by atoms with van der Waals surface area (Å²) in [5, 5.41) is 7.94. The van der Waals surface area contributed by atoms with Gasteiger partial charge < -0.3 is 14.8 Å². The summed E-state index contributed by atoms with van der Waals surface area (Å²) in [5.74, 6) is 0.784. The molecule has 1 aliphatic heterocycles. The molecule has 4 rings (SSSR count). The number of thiazole rings is 1. The molecule has 1 atom stereocenters. The van der Waals surface area contributed by atoms with E-state index in [9.17, 15) is 9.59 Å². The van der Waals surface area contributed by atoms with E-state index in [0.29, 0.717) is 33.6 Å². The number of hydrogen-bond donors (Lipinski definition) is 2. The lowest BCUT2D eigenvalue weighted by molar-refractivity contribution is -0.122. The van der Waals surface area contributed by atoms with Gasteiger partial charge in [0.05, 0.1) is 18.5 Å². The molecule has 1 unspecified atom stereocenters. The SMILES string of the molecule is COc1cccc(C(=O)Nc2nc(-c3ccc4c(c3)NC(=O)C(C)O4)cs2)c1. The number of carbonyl (C=O) groups is 2. The van der Waals surface area contributed by atoms with Crippen LogP contribution >= 0.6 is 11.3 Å². The molecule has 2 aromatic carbocycles. The minimum Gasteiger partial charge on any atom is -0.497 e. The molecule has 2 N–H and O–H groups in total. The first-order valence-corrected chi connectivity index (χ1v) is 9.44. The van der Waals surface area contributed by atoms with Crippen LogP contribution in [0.3, 0.4) is 0 Å². The van der Waals surface area contributed by atoms with E-state index in [-0.39, 0.29) is 11.8 Å². The molecule has 0 spiro atoms. The second-order valence-corrected chi connectivity index (χ2v) is 7.04. The fraction of sp³-hybridized carbons (Fsp3) is 0.150. The molecule has 2 heterocycles. The van der Waals surface area contributed by atoms with Crippen LogP contribution in [-0.4, -0.2) is 30.0 Å². The largest absolute Gasteiger partial charge is 0.497 e. The van der Waals surface area contributed by atoms with Crippen LogP contribution in [0, 0.1) is 0 Å². The van der Waals surface area contributed by atoms with Gasteiger partial charge in [-0.05, 0) is 43.3 Å². The first kappa shape index (κ1) is 18.0. The zero-order chi connectivity index (χ0) is 19.7. The number of nitrogens with zero attached hydrogens (tertiary/aromatic N) is 1. The summed E-state index contributed by atoms with van der Waals surface area (Å²) in [6.45, 7) is 1.70. The van der Waals surface area contributed by atoms with E-state index in [0.717, 1.165) is 5.56 Å². The Morgan fingerprint density at radius 3 is 2.96 bits per heavy atom. The molecule has 1 aliphatic rings. The van der Waals surface area contributed by atoms with Crippen LogP contribution in [-0.2, 0) is 4.79 Å². The molecule has 0 fully saturated rings. The average molecular weight is 395 g/mol. The normalized spacial score (nSPS) is 15.2. The molecule has 142 valence electrons. The van der Waals surface area contributed by atoms with Crippen LogP contribution in [0.2, 0.25) is 0 Å². The zero-order valence-corrected chi connectivity index (χ0v) is 16.0. The van der Waals surface area contributed by atoms with Crippen molar-refractivity contribution in [2.24, 2.45) is 0 Å². The predicted molar refractivity (Wildman–Crippen MR) is 107 cm³/mol. The van der Waals surface area contributed by atoms with Crippen molar-refractivity contribution < 1.29 is 19.1 Å². The smallest absolute Gasteiger partial charge is 0.265 e. The van der Waals surface area contributed by atoms with Gasteiger partial charge in [-0.3, -0.25) is 14.9 Å². The van der Waals surface area contributed by atoms with Crippen LogP contribution in [0.15, 0.2) is 47.8 Å². The molecular formula is C20H17N3O4S. The van der Waals surface area contributed by atoms with Gasteiger partial charge in [-0.25, -0.2) is 4.98 Å². The fourth-order valence-corrected chi connectivity index (χ4v) is 3.48. The van der Waals surface area contributed by atoms with Crippen molar-refractivity contribution in [1.82, 2.24) is 4.98 Å². The topological polar surface area (TPSA) is 89.5 Å². The quantitative estimate of drug-likeness (QED) is 0.702. The van der Waals surface area contributed by atoms with Crippen molar-refractivity contribution in [2.75, 3.05) is 17.7 Å². The Balaban J connectivity index is 1.52. The second-order valence-electron chi connectivity index (χ2n) is 6.18. The van der Waals surface area contributed by atoms with Crippen LogP contribution in [0.4, 0.5) is 10.8 Å². The van der Waals surface area contributed by atoms with Gasteiger partial charge >= 0.3 is 0 Å². The van der Waals surface area contributed by atoms with Gasteiger partial charge in [0, 0.05) is 16.5 Å². The number of amides is 2. The molecule has 2 amide bonds. The number of carbonyl (C=O) groups excluding carboxylic acids is 2. The number of aromatic nitrogens is 1. The van der Waals surface area contributed by atoms with Gasteiger partial charge in [-0.15, -0.1) is 11.3 Å². The second kappa shape index (κ2) is 7.32. The Labute approximate surface area is 165 Å². The molecule has 8 heteroatoms. The third kappa shape index (κ3) is 3.54. The molecule has 7 nitrogen and oxygen atoms in total. The summed E-state index contributed by atoms with van der Waals surface area (Å²) in [6.07, 6.45) is -0.518. The van der Waals surface area contributed by atoms with Crippen molar-refractivity contribution in [3.8, 4) is 22.8 Å². The average Bonchev–Trinajstić information content (AvgIpc) is 3.17. The zero-order valence-electron chi connectivity index (χ0n) is 15.2. The maximum Gasteiger partial charge on any atom is 0.265 e. The number of ether oxygens (including phenoxy) is 2. The first-order chi connectivity index (χ1) is 13.5. The highest BCUT2D eigenvalue weighted by atomic mass is 32.1. The van der Waals surface area contributed by atoms with Crippen molar-refractivity contribution in [3.05, 3.63) is 53.4 Å². The molecule has 0 saturated carbocycles. The monoisotopic (exact) mass is 395 g/mol. The number of benzene rings is 2. The number of rotatable bonds is 4. The first-order valence-electron chi connectivity index (χ1n) is 8.56. The highest BCUT2D eigenvalue weighted by Crippen LogP contribution is 2.35. The highest BCUT2D eigenvalue weighted by Gasteiger charge is 2.24. The van der Waals surface area contributed by atoms with Gasteiger partial charge in [-0.2, -0.15) is 0 Å². The molecule has 0 saturated heterocycles. The molecule has 3 aromatic rings. The maximum absolute atomic E-state index is 12.4. The van der Waals surface area contributed by atoms with Crippen molar-refractivity contribution in [1.29, 1.82) is 0 Å². The number of nitrogens with one attached hydrogen (secondary N) is 2. The van der Waals surface area contributed by atoms with Crippen LogP contribution in [0.5, 0.6) is 11.5 Å². The van der Waals surface area contributed by atoms with Crippen LogP contribution < -0.4 is 20.1 Å². The standard InChI is InChI=1S/C20H17N3O4S/c1-11-18(24)21-15-9-12(6-7-17(15)27-11)16-10-28-20(22-16)23-19(25)13-4-3-5-14(8-13)26-2/h3-11H,1-2H3,(H,21,24)(H,22,23,25). The van der Waals surface area contributed by atoms with E-state index in [1.807, 2.05) is 17.5 Å². The molecule has 0 aliphatic carbocycles. The Bertz CT molecular complexity index is 1060. The summed E-state index contributed by atoms with van der Waals surface area (Å²) < 4.78 is 10.7. The predicted octanol–water partition coefficient (Wildman–Crippen LogP) is 3.79. The molecular weight excluding hydrogens is 378 g/mol. The number of hydrogen-bond acceptors (Lipinski definition) is 6. The third-order valence-electron chi connectivity index (χ3n) is 4.26. The van der Waals surface area contributed by atoms with E-state index >= 15 is 0 Å². The molecule has 1 aromatic heterocycles. The van der Waals surface area contributed by atoms with E-state index < -0.39 is 6.10 Å². The Morgan fingerprint density at radius 2 is 2.14 bits per heavy atom. The van der Waals surface area contributed by atoms with E-state index in [4.69, 9.17) is 9.47 Å². The highest BCUT2D eigenvalue weighted by molar-refractivity contribution is 7.14. The maximum atomic E-state index is 12.4. The molecule has 0 bridgehead atoms. The van der Waals surface area contributed by atoms with Gasteiger partial charge in [0.1, 0.15) is 11.5 Å². The minimum atomic E-state index is -0.518. The molecule has 28 heavy (non-hydrogen) atoms. The number of methoxy groups -OCH3 is 1. The fourth-order valence-electron chi connectivity index (χ4n) is 2.77. The molecule has 0 radical (unpaired) electrons. The lowest BCUT2D eigenvalue weighted by atomic mass is 10.1. The van der Waals surface area contributed by atoms with E-state index in [2.05, 4.69) is 15.6 Å². The van der Waals surface area contributed by atoms with Gasteiger partial charge in [0.2, 0.25) is 0 Å². The Hall–Kier alpha value is -3.39. The lowest BCUT2D eigenvalue weighted by Crippen LogP contribution is -2.34. The van der Waals surface area contributed by atoms with Gasteiger partial charge in [0.15, 0.2) is 11.2 Å². The number of anilines is 2. The van der Waals surface area contributed by atoms with Gasteiger partial charge in [-0.1, -0.05) is 6.07 Å². The third-order valence-corrected chi connectivity index (χ3v) is 5.02. The van der Waals surface area contributed by atoms with Crippen molar-refractivity contribution in [2.45, 2.75) is 13.0 Å². The van der Waals surface area contributed by atoms with E-state index in [1.54, 1.807) is 44.4 Å². The summed E-state index contributed by atoms with van der Waals surface area (Å²) >= 11 is 1.32. The van der Waals surface area contributed by atoms with Crippen LogP contribution in [0.25, 0.3) is 11.3 Å². The lowest BCUT2D eigenvalue weighted by Gasteiger charge is -2.23. The minimum absolute atomic E-state index is 0.186. The Kier molecular flexibility index (Phi) is 4.70. The number of fused-ring (bicyclic) bond motifs is 1. The van der Waals surface area contributed by atoms with Crippen LogP contribution in [0.1, 0.15) is 17.3 Å². The van der Waals surface area contributed by atoms with Crippen molar-refractivity contribution in [3.63, 3.8) is 0 Å². The summed E-state index contributed by atoms with van der Waals surface area (Å²) in [5.41, 5.74) is 2.60. The summed E-state index contributed by atoms with van der Waals surface area (Å²) in [7, 11) is 1.55. The Morgan fingerprint density at radius 1 is 1.29 bits per heavy atom. The van der Waals surface area contributed by atoms with Gasteiger partial charge in [0.25, 0.3) is 11.8 Å².